The van der Waals surface area contributed by atoms with E-state index in [0.717, 1.165) is 44.8 Å². The number of ether oxygens (including phenoxy) is 1. The Kier molecular flexibility index (Phi) is 4.36. The molecule has 1 aliphatic carbocycles. The normalized spacial score (nSPS) is 25.4. The molecule has 20 heavy (non-hydrogen) atoms. The first kappa shape index (κ1) is 14.0. The molecular formula is C15H26N4O. The molecular weight excluding hydrogens is 252 g/mol. The Bertz CT molecular complexity index is 425. The first-order valence-corrected chi connectivity index (χ1v) is 8.06. The second-order valence-electron chi connectivity index (χ2n) is 6.20. The van der Waals surface area contributed by atoms with E-state index in [-0.39, 0.29) is 5.60 Å². The number of hydrogen-bond acceptors (Lipinski definition) is 4. The van der Waals surface area contributed by atoms with Crippen molar-refractivity contribution in [3.05, 3.63) is 12.2 Å². The first-order chi connectivity index (χ1) is 9.81. The minimum absolute atomic E-state index is 0.148. The highest BCUT2D eigenvalue weighted by Gasteiger charge is 2.40. The molecule has 2 fully saturated rings. The van der Waals surface area contributed by atoms with Crippen LogP contribution in [0.5, 0.6) is 0 Å². The van der Waals surface area contributed by atoms with Crippen molar-refractivity contribution in [3.63, 3.8) is 0 Å². The van der Waals surface area contributed by atoms with Crippen molar-refractivity contribution in [1.82, 2.24) is 20.1 Å². The SMILES string of the molecule is CCCNCc1ncn(C2CCOC3(CCCC3)C2)n1. The van der Waals surface area contributed by atoms with Crippen LogP contribution in [0.3, 0.4) is 0 Å². The molecule has 0 amide bonds. The molecule has 1 unspecified atom stereocenters. The molecule has 1 N–H and O–H groups in total. The van der Waals surface area contributed by atoms with E-state index in [9.17, 15) is 0 Å². The average Bonchev–Trinajstić information content (AvgIpc) is 3.09. The van der Waals surface area contributed by atoms with Crippen molar-refractivity contribution in [2.75, 3.05) is 13.2 Å². The molecule has 0 radical (unpaired) electrons. The summed E-state index contributed by atoms with van der Waals surface area (Å²) < 4.78 is 8.17. The third kappa shape index (κ3) is 3.04. The van der Waals surface area contributed by atoms with Gasteiger partial charge in [0.1, 0.15) is 6.33 Å². The Hall–Kier alpha value is -0.940. The summed E-state index contributed by atoms with van der Waals surface area (Å²) in [6, 6.07) is 0.467. The molecule has 0 bridgehead atoms. The van der Waals surface area contributed by atoms with Crippen molar-refractivity contribution in [2.24, 2.45) is 0 Å². The van der Waals surface area contributed by atoms with Crippen molar-refractivity contribution in [2.45, 2.75) is 70.1 Å². The summed E-state index contributed by atoms with van der Waals surface area (Å²) in [5.74, 6) is 0.908. The summed E-state index contributed by atoms with van der Waals surface area (Å²) in [6.07, 6.45) is 10.3. The first-order valence-electron chi connectivity index (χ1n) is 8.06. The standard InChI is InChI=1S/C15H26N4O/c1-2-8-16-11-14-17-12-19(18-14)13-5-9-20-15(10-13)6-3-4-7-15/h12-13,16H,2-11H2,1H3. The van der Waals surface area contributed by atoms with E-state index in [2.05, 4.69) is 27.0 Å². The highest BCUT2D eigenvalue weighted by atomic mass is 16.5. The quantitative estimate of drug-likeness (QED) is 0.841. The smallest absolute Gasteiger partial charge is 0.164 e. The summed E-state index contributed by atoms with van der Waals surface area (Å²) in [5, 5.41) is 8.00. The highest BCUT2D eigenvalue weighted by Crippen LogP contribution is 2.43. The van der Waals surface area contributed by atoms with E-state index in [1.165, 1.54) is 25.7 Å². The Morgan fingerprint density at radius 2 is 2.30 bits per heavy atom. The summed E-state index contributed by atoms with van der Waals surface area (Å²) in [7, 11) is 0. The Labute approximate surface area is 121 Å². The molecule has 2 aliphatic rings. The van der Waals surface area contributed by atoms with Gasteiger partial charge in [0.2, 0.25) is 0 Å². The van der Waals surface area contributed by atoms with Crippen LogP contribution in [0.2, 0.25) is 0 Å². The maximum absolute atomic E-state index is 6.09. The minimum Gasteiger partial charge on any atom is -0.375 e. The molecule has 1 spiro atoms. The van der Waals surface area contributed by atoms with Crippen LogP contribution in [-0.4, -0.2) is 33.5 Å². The van der Waals surface area contributed by atoms with Crippen LogP contribution in [0.15, 0.2) is 6.33 Å². The van der Waals surface area contributed by atoms with E-state index in [0.29, 0.717) is 6.04 Å². The van der Waals surface area contributed by atoms with Crippen LogP contribution in [0.1, 0.15) is 63.7 Å². The molecule has 3 rings (SSSR count). The fourth-order valence-electron chi connectivity index (χ4n) is 3.54. The Morgan fingerprint density at radius 3 is 3.10 bits per heavy atom. The monoisotopic (exact) mass is 278 g/mol. The van der Waals surface area contributed by atoms with Gasteiger partial charge in [-0.3, -0.25) is 0 Å². The van der Waals surface area contributed by atoms with E-state index < -0.39 is 0 Å². The molecule has 5 heteroatoms. The van der Waals surface area contributed by atoms with Gasteiger partial charge in [-0.05, 0) is 38.6 Å². The van der Waals surface area contributed by atoms with E-state index in [1.807, 2.05) is 6.33 Å². The molecule has 1 aromatic rings. The van der Waals surface area contributed by atoms with Crippen LogP contribution in [0.4, 0.5) is 0 Å². The van der Waals surface area contributed by atoms with E-state index in [1.54, 1.807) is 0 Å². The molecule has 1 aromatic heterocycles. The minimum atomic E-state index is 0.148. The summed E-state index contributed by atoms with van der Waals surface area (Å²) in [5.41, 5.74) is 0.148. The zero-order chi connectivity index (χ0) is 13.8. The topological polar surface area (TPSA) is 52.0 Å². The van der Waals surface area contributed by atoms with Crippen LogP contribution >= 0.6 is 0 Å². The molecule has 1 aliphatic heterocycles. The average molecular weight is 278 g/mol. The zero-order valence-electron chi connectivity index (χ0n) is 12.5. The largest absolute Gasteiger partial charge is 0.375 e. The molecule has 5 nitrogen and oxygen atoms in total. The Morgan fingerprint density at radius 1 is 1.45 bits per heavy atom. The molecule has 1 saturated carbocycles. The predicted molar refractivity (Wildman–Crippen MR) is 77.4 cm³/mol. The lowest BCUT2D eigenvalue weighted by atomic mass is 9.89. The zero-order valence-corrected chi connectivity index (χ0v) is 12.5. The number of rotatable bonds is 5. The van der Waals surface area contributed by atoms with Gasteiger partial charge in [-0.15, -0.1) is 0 Å². The van der Waals surface area contributed by atoms with Crippen LogP contribution < -0.4 is 5.32 Å². The van der Waals surface area contributed by atoms with Gasteiger partial charge in [0, 0.05) is 6.61 Å². The van der Waals surface area contributed by atoms with Gasteiger partial charge in [-0.25, -0.2) is 9.67 Å². The number of nitrogens with zero attached hydrogens (tertiary/aromatic N) is 3. The van der Waals surface area contributed by atoms with E-state index >= 15 is 0 Å². The summed E-state index contributed by atoms with van der Waals surface area (Å²) in [4.78, 5) is 4.43. The molecule has 1 saturated heterocycles. The number of nitrogens with one attached hydrogen (secondary N) is 1. The Balaban J connectivity index is 1.60. The molecule has 112 valence electrons. The molecule has 0 aromatic carbocycles. The van der Waals surface area contributed by atoms with E-state index in [4.69, 9.17) is 4.74 Å². The van der Waals surface area contributed by atoms with Gasteiger partial charge >= 0.3 is 0 Å². The van der Waals surface area contributed by atoms with Gasteiger partial charge in [0.25, 0.3) is 0 Å². The summed E-state index contributed by atoms with van der Waals surface area (Å²) in [6.45, 7) is 4.83. The maximum Gasteiger partial charge on any atom is 0.164 e. The second kappa shape index (κ2) is 6.22. The lowest BCUT2D eigenvalue weighted by molar-refractivity contribution is -0.0910. The van der Waals surface area contributed by atoms with Crippen molar-refractivity contribution in [1.29, 1.82) is 0 Å². The van der Waals surface area contributed by atoms with Crippen LogP contribution in [0.25, 0.3) is 0 Å². The molecule has 2 heterocycles. The van der Waals surface area contributed by atoms with Gasteiger partial charge in [0.15, 0.2) is 5.82 Å². The predicted octanol–water partition coefficient (Wildman–Crippen LogP) is 2.44. The van der Waals surface area contributed by atoms with Gasteiger partial charge < -0.3 is 10.1 Å². The number of hydrogen-bond donors (Lipinski definition) is 1. The van der Waals surface area contributed by atoms with Crippen molar-refractivity contribution in [3.8, 4) is 0 Å². The second-order valence-corrected chi connectivity index (χ2v) is 6.20. The van der Waals surface area contributed by atoms with Gasteiger partial charge in [-0.2, -0.15) is 5.10 Å². The van der Waals surface area contributed by atoms with Crippen molar-refractivity contribution < 1.29 is 4.74 Å². The lowest BCUT2D eigenvalue weighted by Crippen LogP contribution is -2.38. The molecule has 1 atom stereocenters. The maximum atomic E-state index is 6.09. The van der Waals surface area contributed by atoms with Gasteiger partial charge in [0.05, 0.1) is 18.2 Å². The van der Waals surface area contributed by atoms with Crippen molar-refractivity contribution >= 4 is 0 Å². The van der Waals surface area contributed by atoms with Crippen LogP contribution in [0, 0.1) is 0 Å². The van der Waals surface area contributed by atoms with Crippen LogP contribution in [-0.2, 0) is 11.3 Å². The summed E-state index contributed by atoms with van der Waals surface area (Å²) >= 11 is 0. The fourth-order valence-corrected chi connectivity index (χ4v) is 3.54. The fraction of sp³-hybridized carbons (Fsp3) is 0.867. The number of aromatic nitrogens is 3. The third-order valence-corrected chi connectivity index (χ3v) is 4.62. The lowest BCUT2D eigenvalue weighted by Gasteiger charge is -2.38. The van der Waals surface area contributed by atoms with Gasteiger partial charge in [-0.1, -0.05) is 19.8 Å². The highest BCUT2D eigenvalue weighted by molar-refractivity contribution is 4.94. The third-order valence-electron chi connectivity index (χ3n) is 4.62.